The van der Waals surface area contributed by atoms with Crippen molar-refractivity contribution in [3.63, 3.8) is 0 Å². The summed E-state index contributed by atoms with van der Waals surface area (Å²) < 4.78 is 11.2. The van der Waals surface area contributed by atoms with Crippen LogP contribution in [-0.2, 0) is 5.60 Å². The highest BCUT2D eigenvalue weighted by atomic mass is 16.5. The summed E-state index contributed by atoms with van der Waals surface area (Å²) in [6.45, 7) is 6.79. The van der Waals surface area contributed by atoms with Crippen LogP contribution >= 0.6 is 0 Å². The highest BCUT2D eigenvalue weighted by Crippen LogP contribution is 2.36. The van der Waals surface area contributed by atoms with Crippen LogP contribution in [0.1, 0.15) is 32.3 Å². The van der Waals surface area contributed by atoms with Gasteiger partial charge in [0.25, 0.3) is 0 Å². The van der Waals surface area contributed by atoms with Gasteiger partial charge in [0.15, 0.2) is 11.5 Å². The summed E-state index contributed by atoms with van der Waals surface area (Å²) >= 11 is 0. The fourth-order valence-corrected chi connectivity index (χ4v) is 2.82. The highest BCUT2D eigenvalue weighted by molar-refractivity contribution is 5.45. The van der Waals surface area contributed by atoms with Crippen molar-refractivity contribution in [1.82, 2.24) is 4.90 Å². The maximum absolute atomic E-state index is 10.9. The zero-order chi connectivity index (χ0) is 14.6. The summed E-state index contributed by atoms with van der Waals surface area (Å²) in [5.41, 5.74) is 0.125. The SMILES string of the molecule is CCOc1ccc(C2(O)CCCN(C)C2)cc1OCC. The Hall–Kier alpha value is -1.26. The average Bonchev–Trinajstić information content (AvgIpc) is 2.41. The van der Waals surface area contributed by atoms with Crippen LogP contribution in [-0.4, -0.2) is 43.4 Å². The molecule has 1 N–H and O–H groups in total. The van der Waals surface area contributed by atoms with Crippen LogP contribution in [0, 0.1) is 0 Å². The van der Waals surface area contributed by atoms with Gasteiger partial charge in [-0.15, -0.1) is 0 Å². The number of β-amino-alcohol motifs (C(OH)–C–C–N with tert-alkyl or cyclic N) is 1. The van der Waals surface area contributed by atoms with Gasteiger partial charge in [0.05, 0.1) is 13.2 Å². The largest absolute Gasteiger partial charge is 0.490 e. The van der Waals surface area contributed by atoms with Crippen LogP contribution < -0.4 is 9.47 Å². The molecule has 1 heterocycles. The van der Waals surface area contributed by atoms with Crippen LogP contribution in [0.4, 0.5) is 0 Å². The Morgan fingerprint density at radius 1 is 1.20 bits per heavy atom. The van der Waals surface area contributed by atoms with E-state index in [9.17, 15) is 5.11 Å². The Morgan fingerprint density at radius 3 is 2.55 bits per heavy atom. The molecular formula is C16H25NO3. The molecule has 1 aliphatic heterocycles. The molecule has 1 atom stereocenters. The molecule has 112 valence electrons. The molecule has 0 spiro atoms. The molecule has 1 aromatic carbocycles. The molecule has 1 aliphatic rings. The molecule has 0 bridgehead atoms. The second-order valence-corrected chi connectivity index (χ2v) is 5.40. The monoisotopic (exact) mass is 279 g/mol. The van der Waals surface area contributed by atoms with Crippen molar-refractivity contribution in [2.75, 3.05) is 33.4 Å². The molecule has 20 heavy (non-hydrogen) atoms. The Kier molecular flexibility index (Phi) is 4.89. The lowest BCUT2D eigenvalue weighted by Crippen LogP contribution is -2.44. The number of likely N-dealkylation sites (tertiary alicyclic amines) is 1. The molecule has 0 aliphatic carbocycles. The maximum atomic E-state index is 10.9. The second kappa shape index (κ2) is 6.46. The first-order chi connectivity index (χ1) is 9.59. The fraction of sp³-hybridized carbons (Fsp3) is 0.625. The first-order valence-corrected chi connectivity index (χ1v) is 7.40. The minimum Gasteiger partial charge on any atom is -0.490 e. The number of likely N-dealkylation sites (N-methyl/N-ethyl adjacent to an activating group) is 1. The lowest BCUT2D eigenvalue weighted by molar-refractivity contribution is -0.0279. The third kappa shape index (κ3) is 3.25. The lowest BCUT2D eigenvalue weighted by atomic mass is 9.86. The van der Waals surface area contributed by atoms with Gasteiger partial charge in [-0.1, -0.05) is 6.07 Å². The molecule has 4 nitrogen and oxygen atoms in total. The van der Waals surface area contributed by atoms with Crippen molar-refractivity contribution in [2.24, 2.45) is 0 Å². The summed E-state index contributed by atoms with van der Waals surface area (Å²) in [6, 6.07) is 5.77. The third-order valence-electron chi connectivity index (χ3n) is 3.74. The maximum Gasteiger partial charge on any atom is 0.161 e. The Balaban J connectivity index is 2.29. The average molecular weight is 279 g/mol. The number of aliphatic hydroxyl groups is 1. The Bertz CT molecular complexity index is 449. The van der Waals surface area contributed by atoms with Crippen LogP contribution in [0.5, 0.6) is 11.5 Å². The topological polar surface area (TPSA) is 41.9 Å². The van der Waals surface area contributed by atoms with Gasteiger partial charge >= 0.3 is 0 Å². The van der Waals surface area contributed by atoms with Gasteiger partial charge in [-0.2, -0.15) is 0 Å². The summed E-state index contributed by atoms with van der Waals surface area (Å²) in [7, 11) is 2.04. The van der Waals surface area contributed by atoms with E-state index in [0.29, 0.717) is 25.5 Å². The van der Waals surface area contributed by atoms with Gasteiger partial charge in [-0.25, -0.2) is 0 Å². The van der Waals surface area contributed by atoms with Gasteiger partial charge in [0, 0.05) is 6.54 Å². The molecule has 1 aromatic rings. The first-order valence-electron chi connectivity index (χ1n) is 7.40. The molecule has 1 saturated heterocycles. The van der Waals surface area contributed by atoms with Gasteiger partial charge < -0.3 is 19.5 Å². The molecule has 0 radical (unpaired) electrons. The third-order valence-corrected chi connectivity index (χ3v) is 3.74. The molecule has 0 saturated carbocycles. The Labute approximate surface area is 121 Å². The second-order valence-electron chi connectivity index (χ2n) is 5.40. The number of hydrogen-bond acceptors (Lipinski definition) is 4. The van der Waals surface area contributed by atoms with Gasteiger partial charge in [0.1, 0.15) is 5.60 Å². The van der Waals surface area contributed by atoms with Crippen LogP contribution in [0.25, 0.3) is 0 Å². The predicted molar refractivity (Wildman–Crippen MR) is 79.4 cm³/mol. The smallest absolute Gasteiger partial charge is 0.161 e. The zero-order valence-electron chi connectivity index (χ0n) is 12.7. The van der Waals surface area contributed by atoms with Gasteiger partial charge in [-0.3, -0.25) is 0 Å². The van der Waals surface area contributed by atoms with Crippen molar-refractivity contribution in [1.29, 1.82) is 0 Å². The molecule has 0 amide bonds. The number of piperidine rings is 1. The highest BCUT2D eigenvalue weighted by Gasteiger charge is 2.34. The molecular weight excluding hydrogens is 254 g/mol. The van der Waals surface area contributed by atoms with Crippen molar-refractivity contribution in [2.45, 2.75) is 32.3 Å². The van der Waals surface area contributed by atoms with E-state index in [0.717, 1.165) is 30.7 Å². The van der Waals surface area contributed by atoms with E-state index < -0.39 is 5.60 Å². The standard InChI is InChI=1S/C16H25NO3/c1-4-19-14-8-7-13(11-15(14)20-5-2)16(18)9-6-10-17(3)12-16/h7-8,11,18H,4-6,9-10,12H2,1-3H3. The minimum absolute atomic E-state index is 0.585. The number of benzene rings is 1. The Morgan fingerprint density at radius 2 is 1.90 bits per heavy atom. The molecule has 1 fully saturated rings. The zero-order valence-corrected chi connectivity index (χ0v) is 12.7. The lowest BCUT2D eigenvalue weighted by Gasteiger charge is -2.38. The van der Waals surface area contributed by atoms with E-state index in [1.54, 1.807) is 0 Å². The van der Waals surface area contributed by atoms with E-state index in [2.05, 4.69) is 4.90 Å². The van der Waals surface area contributed by atoms with E-state index in [1.807, 2.05) is 39.1 Å². The van der Waals surface area contributed by atoms with Crippen molar-refractivity contribution in [3.05, 3.63) is 23.8 Å². The fourth-order valence-electron chi connectivity index (χ4n) is 2.82. The van der Waals surface area contributed by atoms with Crippen LogP contribution in [0.2, 0.25) is 0 Å². The van der Waals surface area contributed by atoms with Crippen LogP contribution in [0.3, 0.4) is 0 Å². The van der Waals surface area contributed by atoms with Crippen molar-refractivity contribution >= 4 is 0 Å². The first kappa shape index (κ1) is 15.1. The number of hydrogen-bond donors (Lipinski definition) is 1. The number of ether oxygens (including phenoxy) is 2. The molecule has 0 aromatic heterocycles. The number of nitrogens with zero attached hydrogens (tertiary/aromatic N) is 1. The van der Waals surface area contributed by atoms with E-state index in [-0.39, 0.29) is 0 Å². The normalized spacial score (nSPS) is 23.6. The van der Waals surface area contributed by atoms with E-state index in [1.165, 1.54) is 0 Å². The minimum atomic E-state index is -0.788. The van der Waals surface area contributed by atoms with Gasteiger partial charge in [0.2, 0.25) is 0 Å². The van der Waals surface area contributed by atoms with E-state index >= 15 is 0 Å². The number of rotatable bonds is 5. The molecule has 1 unspecified atom stereocenters. The summed E-state index contributed by atoms with van der Waals surface area (Å²) in [4.78, 5) is 2.17. The van der Waals surface area contributed by atoms with Crippen LogP contribution in [0.15, 0.2) is 18.2 Å². The van der Waals surface area contributed by atoms with E-state index in [4.69, 9.17) is 9.47 Å². The molecule has 4 heteroatoms. The summed E-state index contributed by atoms with van der Waals surface area (Å²) in [6.07, 6.45) is 1.79. The summed E-state index contributed by atoms with van der Waals surface area (Å²) in [5.74, 6) is 1.46. The van der Waals surface area contributed by atoms with Gasteiger partial charge in [-0.05, 0) is 58.0 Å². The van der Waals surface area contributed by atoms with Crippen molar-refractivity contribution < 1.29 is 14.6 Å². The van der Waals surface area contributed by atoms with Crippen molar-refractivity contribution in [3.8, 4) is 11.5 Å². The predicted octanol–water partition coefficient (Wildman–Crippen LogP) is 2.40. The quantitative estimate of drug-likeness (QED) is 0.898. The summed E-state index contributed by atoms with van der Waals surface area (Å²) in [5, 5.41) is 10.9. The molecule has 2 rings (SSSR count).